The van der Waals surface area contributed by atoms with Crippen LogP contribution in [-0.2, 0) is 15.8 Å². The topological polar surface area (TPSA) is 84.9 Å². The first-order valence-corrected chi connectivity index (χ1v) is 12.4. The first kappa shape index (κ1) is 25.7. The number of nitrogens with zero attached hydrogens (tertiary/aromatic N) is 4. The normalized spacial score (nSPS) is 19.7. The minimum absolute atomic E-state index is 0.0202. The summed E-state index contributed by atoms with van der Waals surface area (Å²) in [5, 5.41) is 0.617. The fourth-order valence-electron chi connectivity index (χ4n) is 5.14. The zero-order valence-electron chi connectivity index (χ0n) is 21.0. The van der Waals surface area contributed by atoms with Crippen LogP contribution in [0.2, 0.25) is 0 Å². The summed E-state index contributed by atoms with van der Waals surface area (Å²) in [4.78, 5) is 36.3. The van der Waals surface area contributed by atoms with Gasteiger partial charge in [0.05, 0.1) is 25.1 Å². The van der Waals surface area contributed by atoms with E-state index in [0.717, 1.165) is 13.2 Å². The predicted octanol–water partition coefficient (Wildman–Crippen LogP) is 4.17. The second-order valence-electron chi connectivity index (χ2n) is 9.58. The Morgan fingerprint density at radius 3 is 2.53 bits per heavy atom. The van der Waals surface area contributed by atoms with Crippen molar-refractivity contribution in [1.29, 1.82) is 0 Å². The van der Waals surface area contributed by atoms with Crippen LogP contribution < -0.4 is 9.47 Å². The van der Waals surface area contributed by atoms with Gasteiger partial charge in [0.15, 0.2) is 0 Å². The van der Waals surface area contributed by atoms with Gasteiger partial charge in [-0.05, 0) is 42.3 Å². The molecule has 2 aliphatic rings. The third-order valence-corrected chi connectivity index (χ3v) is 7.12. The van der Waals surface area contributed by atoms with Gasteiger partial charge < -0.3 is 19.3 Å². The lowest BCUT2D eigenvalue weighted by atomic mass is 10.0. The lowest BCUT2D eigenvalue weighted by molar-refractivity contribution is -0.139. The smallest absolute Gasteiger partial charge is 0.421 e. The molecule has 38 heavy (non-hydrogen) atoms. The molecule has 5 rings (SSSR count). The monoisotopic (exact) mass is 528 g/mol. The van der Waals surface area contributed by atoms with Gasteiger partial charge in [-0.1, -0.05) is 0 Å². The van der Waals surface area contributed by atoms with Crippen molar-refractivity contribution in [2.45, 2.75) is 32.0 Å². The van der Waals surface area contributed by atoms with Gasteiger partial charge in [0.1, 0.15) is 17.4 Å². The van der Waals surface area contributed by atoms with Crippen LogP contribution in [0.1, 0.15) is 25.3 Å². The van der Waals surface area contributed by atoms with Gasteiger partial charge >= 0.3 is 6.18 Å². The van der Waals surface area contributed by atoms with Crippen molar-refractivity contribution in [3.8, 4) is 22.8 Å². The minimum Gasteiger partial charge on any atom is -0.488 e. The van der Waals surface area contributed by atoms with Gasteiger partial charge in [-0.3, -0.25) is 14.6 Å². The third kappa shape index (κ3) is 5.09. The van der Waals surface area contributed by atoms with E-state index in [1.165, 1.54) is 19.3 Å². The molecular weight excluding hydrogens is 501 g/mol. The molecule has 0 bridgehead atoms. The maximum absolute atomic E-state index is 13.6. The Balaban J connectivity index is 1.34. The first-order chi connectivity index (χ1) is 18.1. The van der Waals surface area contributed by atoms with Gasteiger partial charge in [-0.2, -0.15) is 13.2 Å². The summed E-state index contributed by atoms with van der Waals surface area (Å²) >= 11 is 0. The zero-order valence-corrected chi connectivity index (χ0v) is 21.0. The Morgan fingerprint density at radius 2 is 1.82 bits per heavy atom. The van der Waals surface area contributed by atoms with E-state index in [2.05, 4.69) is 9.97 Å². The molecule has 2 aliphatic heterocycles. The summed E-state index contributed by atoms with van der Waals surface area (Å²) in [6, 6.07) is 7.92. The second-order valence-corrected chi connectivity index (χ2v) is 9.58. The first-order valence-electron chi connectivity index (χ1n) is 12.4. The van der Waals surface area contributed by atoms with E-state index in [1.807, 2.05) is 0 Å². The van der Waals surface area contributed by atoms with Crippen molar-refractivity contribution in [2.24, 2.45) is 5.92 Å². The van der Waals surface area contributed by atoms with Crippen LogP contribution in [0.5, 0.6) is 11.6 Å². The molecule has 2 saturated heterocycles. The number of hydrogen-bond acceptors (Lipinski definition) is 6. The Bertz CT molecular complexity index is 1380. The van der Waals surface area contributed by atoms with Crippen molar-refractivity contribution >= 4 is 22.7 Å². The van der Waals surface area contributed by atoms with Crippen LogP contribution in [0, 0.1) is 5.92 Å². The quantitative estimate of drug-likeness (QED) is 0.494. The Labute approximate surface area is 217 Å². The molecule has 0 spiro atoms. The molecule has 4 heterocycles. The molecule has 2 unspecified atom stereocenters. The van der Waals surface area contributed by atoms with E-state index in [1.54, 1.807) is 34.1 Å². The fraction of sp³-hybridized carbons (Fsp3) is 0.407. The van der Waals surface area contributed by atoms with Crippen molar-refractivity contribution < 1.29 is 32.2 Å². The van der Waals surface area contributed by atoms with Crippen molar-refractivity contribution in [2.75, 3.05) is 33.3 Å². The zero-order chi connectivity index (χ0) is 27.0. The Kier molecular flexibility index (Phi) is 6.85. The molecule has 0 saturated carbocycles. The van der Waals surface area contributed by atoms with Crippen molar-refractivity contribution in [1.82, 2.24) is 19.8 Å². The van der Waals surface area contributed by atoms with Crippen molar-refractivity contribution in [3.63, 3.8) is 0 Å². The summed E-state index contributed by atoms with van der Waals surface area (Å²) in [7, 11) is 1.15. The van der Waals surface area contributed by atoms with Crippen LogP contribution in [0.15, 0.2) is 42.7 Å². The number of pyridine rings is 2. The van der Waals surface area contributed by atoms with E-state index in [4.69, 9.17) is 9.47 Å². The van der Waals surface area contributed by atoms with Crippen LogP contribution >= 0.6 is 0 Å². The molecule has 11 heteroatoms. The second kappa shape index (κ2) is 10.1. The van der Waals surface area contributed by atoms with E-state index < -0.39 is 17.6 Å². The van der Waals surface area contributed by atoms with Gasteiger partial charge in [-0.25, -0.2) is 4.98 Å². The highest BCUT2D eigenvalue weighted by atomic mass is 19.4. The summed E-state index contributed by atoms with van der Waals surface area (Å²) < 4.78 is 51.7. The van der Waals surface area contributed by atoms with Gasteiger partial charge in [0, 0.05) is 56.3 Å². The summed E-state index contributed by atoms with van der Waals surface area (Å²) in [6.07, 6.45) is -0.651. The Morgan fingerprint density at radius 1 is 1.03 bits per heavy atom. The van der Waals surface area contributed by atoms with Crippen LogP contribution in [0.4, 0.5) is 13.2 Å². The number of benzene rings is 1. The number of aromatic nitrogens is 2. The number of ether oxygens (including phenoxy) is 2. The molecule has 2 fully saturated rings. The molecule has 1 aromatic carbocycles. The average molecular weight is 529 g/mol. The van der Waals surface area contributed by atoms with E-state index >= 15 is 0 Å². The van der Waals surface area contributed by atoms with E-state index in [9.17, 15) is 22.8 Å². The molecule has 0 radical (unpaired) electrons. The number of likely N-dealkylation sites (tertiary alicyclic amines) is 2. The number of rotatable bonds is 5. The van der Waals surface area contributed by atoms with Gasteiger partial charge in [0.25, 0.3) is 0 Å². The highest BCUT2D eigenvalue weighted by Crippen LogP contribution is 2.39. The standard InChI is InChI=1S/C27H27F3N4O4/c1-16(35)33-9-6-17(14-33)26(36)34-10-7-20(15-34)38-19-3-4-24-22(12-19)21(5-8-31-24)18-11-23(27(28,29)30)25(37-2)32-13-18/h3-5,8,11-13,17,20H,6-7,9-10,14-15H2,1-2H3. The maximum Gasteiger partial charge on any atom is 0.421 e. The lowest BCUT2D eigenvalue weighted by Gasteiger charge is -2.21. The van der Waals surface area contributed by atoms with Gasteiger partial charge in [-0.15, -0.1) is 0 Å². The molecule has 2 aromatic heterocycles. The average Bonchev–Trinajstić information content (AvgIpc) is 3.57. The molecular formula is C27H27F3N4O4. The predicted molar refractivity (Wildman–Crippen MR) is 133 cm³/mol. The van der Waals surface area contributed by atoms with Crippen LogP contribution in [-0.4, -0.2) is 71.0 Å². The maximum atomic E-state index is 13.6. The largest absolute Gasteiger partial charge is 0.488 e. The number of alkyl halides is 3. The highest BCUT2D eigenvalue weighted by Gasteiger charge is 2.37. The van der Waals surface area contributed by atoms with Crippen LogP contribution in [0.3, 0.4) is 0 Å². The minimum atomic E-state index is -4.62. The number of amides is 2. The number of halogens is 3. The molecule has 0 aliphatic carbocycles. The van der Waals surface area contributed by atoms with Gasteiger partial charge in [0.2, 0.25) is 17.7 Å². The molecule has 8 nitrogen and oxygen atoms in total. The molecule has 2 amide bonds. The van der Waals surface area contributed by atoms with Crippen molar-refractivity contribution in [3.05, 3.63) is 48.3 Å². The summed E-state index contributed by atoms with van der Waals surface area (Å²) in [6.45, 7) is 3.56. The summed E-state index contributed by atoms with van der Waals surface area (Å²) in [5.41, 5.74) is 0.440. The number of methoxy groups -OCH3 is 1. The highest BCUT2D eigenvalue weighted by molar-refractivity contribution is 5.95. The fourth-order valence-corrected chi connectivity index (χ4v) is 5.14. The number of carbonyl (C=O) groups is 2. The summed E-state index contributed by atoms with van der Waals surface area (Å²) in [5.74, 6) is -0.125. The van der Waals surface area contributed by atoms with E-state index in [-0.39, 0.29) is 29.4 Å². The molecule has 3 aromatic rings. The number of fused-ring (bicyclic) bond motifs is 1. The van der Waals surface area contributed by atoms with Crippen LogP contribution in [0.25, 0.3) is 22.0 Å². The number of hydrogen-bond donors (Lipinski definition) is 0. The third-order valence-electron chi connectivity index (χ3n) is 7.12. The lowest BCUT2D eigenvalue weighted by Crippen LogP contribution is -2.37. The molecule has 0 N–H and O–H groups in total. The van der Waals surface area contributed by atoms with E-state index in [0.29, 0.717) is 61.2 Å². The molecule has 2 atom stereocenters. The Hall–Kier alpha value is -3.89. The SMILES string of the molecule is COc1ncc(-c2ccnc3ccc(OC4CCN(C(=O)C5CCN(C(C)=O)C5)C4)cc23)cc1C(F)(F)F. The number of carbonyl (C=O) groups excluding carboxylic acids is 2. The molecule has 200 valence electrons.